The molecule has 0 radical (unpaired) electrons. The van der Waals surface area contributed by atoms with Crippen molar-refractivity contribution in [3.8, 4) is 11.5 Å². The Balaban J connectivity index is 1.17. The summed E-state index contributed by atoms with van der Waals surface area (Å²) in [5, 5.41) is 6.79. The van der Waals surface area contributed by atoms with Gasteiger partial charge in [0.1, 0.15) is 11.5 Å². The minimum atomic E-state index is -0.180. The summed E-state index contributed by atoms with van der Waals surface area (Å²) in [6, 6.07) is 26.6. The van der Waals surface area contributed by atoms with Gasteiger partial charge in [-0.1, -0.05) is 48.5 Å². The number of nitrogens with one attached hydrogen (secondary N) is 2. The van der Waals surface area contributed by atoms with Crippen molar-refractivity contribution in [3.05, 3.63) is 90.5 Å². The Kier molecular flexibility index (Phi) is 6.77. The third kappa shape index (κ3) is 5.35. The first-order chi connectivity index (χ1) is 17.1. The first kappa shape index (κ1) is 23.1. The minimum absolute atomic E-state index is 0.0351. The number of carbonyl (C=O) groups is 2. The van der Waals surface area contributed by atoms with E-state index < -0.39 is 0 Å². The number of rotatable bonds is 6. The summed E-state index contributed by atoms with van der Waals surface area (Å²) >= 11 is 5.52. The van der Waals surface area contributed by atoms with E-state index in [9.17, 15) is 9.59 Å². The molecule has 178 valence electrons. The van der Waals surface area contributed by atoms with Gasteiger partial charge in [-0.3, -0.25) is 14.5 Å². The van der Waals surface area contributed by atoms with Gasteiger partial charge in [0, 0.05) is 17.6 Å². The predicted molar refractivity (Wildman–Crippen MR) is 139 cm³/mol. The van der Waals surface area contributed by atoms with Crippen molar-refractivity contribution >= 4 is 34.8 Å². The summed E-state index contributed by atoms with van der Waals surface area (Å²) in [5.74, 6) is 1.13. The topological polar surface area (TPSA) is 70.7 Å². The zero-order chi connectivity index (χ0) is 24.2. The van der Waals surface area contributed by atoms with E-state index in [1.165, 1.54) is 0 Å². The van der Waals surface area contributed by atoms with Crippen molar-refractivity contribution in [2.24, 2.45) is 11.8 Å². The molecule has 2 N–H and O–H groups in total. The molecule has 1 heterocycles. The molecule has 2 fully saturated rings. The van der Waals surface area contributed by atoms with Crippen LogP contribution in [0.1, 0.15) is 24.8 Å². The molecule has 7 heteroatoms. The van der Waals surface area contributed by atoms with Crippen LogP contribution in [-0.4, -0.2) is 27.9 Å². The summed E-state index contributed by atoms with van der Waals surface area (Å²) in [6.45, 7) is 0.461. The zero-order valence-corrected chi connectivity index (χ0v) is 20.0. The lowest BCUT2D eigenvalue weighted by Gasteiger charge is -2.43. The van der Waals surface area contributed by atoms with E-state index >= 15 is 0 Å². The molecule has 0 spiro atoms. The molecule has 35 heavy (non-hydrogen) atoms. The molecule has 6 nitrogen and oxygen atoms in total. The summed E-state index contributed by atoms with van der Waals surface area (Å²) in [4.78, 5) is 27.8. The molecule has 1 saturated carbocycles. The van der Waals surface area contributed by atoms with Crippen molar-refractivity contribution in [2.75, 3.05) is 5.32 Å². The third-order valence-electron chi connectivity index (χ3n) is 6.64. The number of thiocarbonyl (C=S) groups is 1. The van der Waals surface area contributed by atoms with E-state index in [1.54, 1.807) is 4.90 Å². The van der Waals surface area contributed by atoms with Crippen LogP contribution in [0.15, 0.2) is 84.9 Å². The van der Waals surface area contributed by atoms with Crippen LogP contribution < -0.4 is 15.4 Å². The van der Waals surface area contributed by atoms with Crippen molar-refractivity contribution in [1.29, 1.82) is 0 Å². The summed E-state index contributed by atoms with van der Waals surface area (Å²) in [5.41, 5.74) is 1.76. The Bertz CT molecular complexity index is 1200. The van der Waals surface area contributed by atoms with Gasteiger partial charge < -0.3 is 15.4 Å². The van der Waals surface area contributed by atoms with Crippen LogP contribution in [0.4, 0.5) is 5.69 Å². The van der Waals surface area contributed by atoms with Gasteiger partial charge >= 0.3 is 0 Å². The Morgan fingerprint density at radius 3 is 2.31 bits per heavy atom. The van der Waals surface area contributed by atoms with Crippen LogP contribution in [0, 0.1) is 11.8 Å². The maximum atomic E-state index is 13.2. The van der Waals surface area contributed by atoms with Crippen LogP contribution in [0.3, 0.4) is 0 Å². The molecule has 3 aromatic carbocycles. The first-order valence-electron chi connectivity index (χ1n) is 11.9. The largest absolute Gasteiger partial charge is 0.457 e. The van der Waals surface area contributed by atoms with Crippen LogP contribution >= 0.6 is 12.2 Å². The van der Waals surface area contributed by atoms with Crippen molar-refractivity contribution < 1.29 is 14.3 Å². The van der Waals surface area contributed by atoms with Gasteiger partial charge in [-0.2, -0.15) is 0 Å². The van der Waals surface area contributed by atoms with Crippen molar-refractivity contribution in [3.63, 3.8) is 0 Å². The minimum Gasteiger partial charge on any atom is -0.457 e. The molecule has 0 aromatic heterocycles. The van der Waals surface area contributed by atoms with Gasteiger partial charge in [-0.05, 0) is 73.4 Å². The third-order valence-corrected chi connectivity index (χ3v) is 6.98. The molecule has 0 bridgehead atoms. The number of hydrogen-bond donors (Lipinski definition) is 2. The Labute approximate surface area is 210 Å². The fourth-order valence-electron chi connectivity index (χ4n) is 4.79. The highest BCUT2D eigenvalue weighted by molar-refractivity contribution is 7.80. The molecule has 3 aromatic rings. The highest BCUT2D eigenvalue weighted by atomic mass is 32.1. The van der Waals surface area contributed by atoms with Gasteiger partial charge in [0.05, 0.1) is 12.5 Å². The standard InChI is InChI=1S/C28H27N3O3S/c32-26(29-21-12-14-23(15-13-21)34-22-9-5-2-6-10-22)20-11-16-24-25(17-20)30-28(35)31(27(24)33)18-19-7-3-1-4-8-19/h1-10,12-15,20,24-25H,11,16-18H2,(H,29,32)(H,30,35). The van der Waals surface area contributed by atoms with E-state index in [2.05, 4.69) is 10.6 Å². The molecular formula is C28H27N3O3S. The van der Waals surface area contributed by atoms with Gasteiger partial charge in [0.15, 0.2) is 5.11 Å². The number of benzene rings is 3. The average molecular weight is 486 g/mol. The van der Waals surface area contributed by atoms with Crippen LogP contribution in [0.25, 0.3) is 0 Å². The molecule has 5 rings (SSSR count). The molecule has 2 aliphatic rings. The van der Waals surface area contributed by atoms with Crippen LogP contribution in [-0.2, 0) is 16.1 Å². The molecule has 1 aliphatic heterocycles. The smallest absolute Gasteiger partial charge is 0.234 e. The highest BCUT2D eigenvalue weighted by Crippen LogP contribution is 2.34. The number of anilines is 1. The lowest BCUT2D eigenvalue weighted by atomic mass is 9.76. The summed E-state index contributed by atoms with van der Waals surface area (Å²) in [7, 11) is 0. The Morgan fingerprint density at radius 2 is 1.60 bits per heavy atom. The van der Waals surface area contributed by atoms with E-state index in [4.69, 9.17) is 17.0 Å². The van der Waals surface area contributed by atoms with Gasteiger partial charge in [0.2, 0.25) is 11.8 Å². The van der Waals surface area contributed by atoms with Crippen molar-refractivity contribution in [2.45, 2.75) is 31.8 Å². The quantitative estimate of drug-likeness (QED) is 0.475. The average Bonchev–Trinajstić information content (AvgIpc) is 2.88. The first-order valence-corrected chi connectivity index (χ1v) is 12.3. The van der Waals surface area contributed by atoms with Crippen LogP contribution in [0.2, 0.25) is 0 Å². The lowest BCUT2D eigenvalue weighted by Crippen LogP contribution is -2.61. The van der Waals surface area contributed by atoms with Crippen LogP contribution in [0.5, 0.6) is 11.5 Å². The maximum Gasteiger partial charge on any atom is 0.234 e. The zero-order valence-electron chi connectivity index (χ0n) is 19.2. The number of carbonyl (C=O) groups excluding carboxylic acids is 2. The SMILES string of the molecule is O=C(Nc1ccc(Oc2ccccc2)cc1)C1CCC2C(=O)N(Cc3ccccc3)C(=S)NC2C1. The van der Waals surface area contributed by atoms with E-state index in [-0.39, 0.29) is 29.7 Å². The normalized spacial score (nSPS) is 21.6. The van der Waals surface area contributed by atoms with E-state index in [1.807, 2.05) is 84.9 Å². The fraction of sp³-hybridized carbons (Fsp3) is 0.250. The molecule has 3 atom stereocenters. The number of para-hydroxylation sites is 1. The van der Waals surface area contributed by atoms with Crippen molar-refractivity contribution in [1.82, 2.24) is 10.2 Å². The molecular weight excluding hydrogens is 458 g/mol. The second-order valence-corrected chi connectivity index (χ2v) is 9.40. The molecule has 1 aliphatic carbocycles. The van der Waals surface area contributed by atoms with E-state index in [0.29, 0.717) is 36.7 Å². The fourth-order valence-corrected chi connectivity index (χ4v) is 5.10. The highest BCUT2D eigenvalue weighted by Gasteiger charge is 2.44. The lowest BCUT2D eigenvalue weighted by molar-refractivity contribution is -0.137. The van der Waals surface area contributed by atoms with Gasteiger partial charge in [-0.15, -0.1) is 0 Å². The number of amides is 2. The Hall–Kier alpha value is -3.71. The second-order valence-electron chi connectivity index (χ2n) is 9.01. The van der Waals surface area contributed by atoms with E-state index in [0.717, 1.165) is 17.0 Å². The maximum absolute atomic E-state index is 13.2. The summed E-state index contributed by atoms with van der Waals surface area (Å²) < 4.78 is 5.81. The molecule has 3 unspecified atom stereocenters. The molecule has 1 saturated heterocycles. The number of fused-ring (bicyclic) bond motifs is 1. The Morgan fingerprint density at radius 1 is 0.943 bits per heavy atom. The van der Waals surface area contributed by atoms with Gasteiger partial charge in [-0.25, -0.2) is 0 Å². The summed E-state index contributed by atoms with van der Waals surface area (Å²) in [6.07, 6.45) is 1.91. The second kappa shape index (κ2) is 10.3. The number of ether oxygens (including phenoxy) is 1. The van der Waals surface area contributed by atoms with Gasteiger partial charge in [0.25, 0.3) is 0 Å². The number of nitrogens with zero attached hydrogens (tertiary/aromatic N) is 1. The number of hydrogen-bond acceptors (Lipinski definition) is 4. The predicted octanol–water partition coefficient (Wildman–Crippen LogP) is 5.12. The molecule has 2 amide bonds. The monoisotopic (exact) mass is 485 g/mol.